The van der Waals surface area contributed by atoms with Gasteiger partial charge in [0, 0.05) is 6.54 Å². The first kappa shape index (κ1) is 12.9. The Bertz CT molecular complexity index is 447. The zero-order valence-electron chi connectivity index (χ0n) is 11.8. The van der Waals surface area contributed by atoms with Crippen LogP contribution in [0, 0.1) is 0 Å². The second-order valence-corrected chi connectivity index (χ2v) is 5.47. The second kappa shape index (κ2) is 4.63. The normalized spacial score (nSPS) is 23.6. The first-order valence-corrected chi connectivity index (χ1v) is 6.67. The minimum Gasteiger partial charge on any atom is -0.370 e. The number of nitrogens with two attached hydrogens (primary N) is 1. The maximum Gasteiger partial charge on any atom is 0.192 e. The van der Waals surface area contributed by atoms with Gasteiger partial charge in [0.15, 0.2) is 5.96 Å². The Morgan fingerprint density at radius 1 is 1.33 bits per heavy atom. The monoisotopic (exact) mass is 245 g/mol. The SMILES string of the molecule is CCN1C(N)=NCC1(C)c1ccc(C(C)C)cc1. The van der Waals surface area contributed by atoms with Gasteiger partial charge in [-0.15, -0.1) is 0 Å². The van der Waals surface area contributed by atoms with Crippen molar-refractivity contribution in [3.63, 3.8) is 0 Å². The third kappa shape index (κ3) is 1.98. The average Bonchev–Trinajstić information content (AvgIpc) is 2.66. The van der Waals surface area contributed by atoms with E-state index in [0.717, 1.165) is 13.1 Å². The molecule has 1 unspecified atom stereocenters. The predicted molar refractivity (Wildman–Crippen MR) is 76.8 cm³/mol. The number of aliphatic imine (C=N–C) groups is 1. The van der Waals surface area contributed by atoms with Crippen molar-refractivity contribution < 1.29 is 0 Å². The quantitative estimate of drug-likeness (QED) is 0.889. The molecule has 1 aromatic carbocycles. The summed E-state index contributed by atoms with van der Waals surface area (Å²) in [5.41, 5.74) is 8.53. The molecule has 2 rings (SSSR count). The summed E-state index contributed by atoms with van der Waals surface area (Å²) in [6, 6.07) is 8.86. The van der Waals surface area contributed by atoms with E-state index in [1.165, 1.54) is 11.1 Å². The molecule has 1 atom stereocenters. The predicted octanol–water partition coefficient (Wildman–Crippen LogP) is 2.68. The van der Waals surface area contributed by atoms with Crippen molar-refractivity contribution in [1.82, 2.24) is 4.90 Å². The lowest BCUT2D eigenvalue weighted by Crippen LogP contribution is -2.47. The van der Waals surface area contributed by atoms with Crippen molar-refractivity contribution in [2.45, 2.75) is 39.2 Å². The Balaban J connectivity index is 2.31. The highest BCUT2D eigenvalue weighted by Gasteiger charge is 2.38. The van der Waals surface area contributed by atoms with Gasteiger partial charge in [-0.25, -0.2) is 0 Å². The maximum atomic E-state index is 5.96. The lowest BCUT2D eigenvalue weighted by Gasteiger charge is -2.36. The van der Waals surface area contributed by atoms with E-state index < -0.39 is 0 Å². The van der Waals surface area contributed by atoms with E-state index in [9.17, 15) is 0 Å². The average molecular weight is 245 g/mol. The van der Waals surface area contributed by atoms with Gasteiger partial charge in [0.2, 0.25) is 0 Å². The molecule has 2 N–H and O–H groups in total. The van der Waals surface area contributed by atoms with Crippen LogP contribution < -0.4 is 5.73 Å². The fraction of sp³-hybridized carbons (Fsp3) is 0.533. The van der Waals surface area contributed by atoms with E-state index in [0.29, 0.717) is 11.9 Å². The molecule has 1 heterocycles. The molecule has 0 amide bonds. The van der Waals surface area contributed by atoms with E-state index >= 15 is 0 Å². The molecular formula is C15H23N3. The molecule has 1 aliphatic rings. The van der Waals surface area contributed by atoms with Crippen LogP contribution in [0.1, 0.15) is 44.7 Å². The lowest BCUT2D eigenvalue weighted by molar-refractivity contribution is 0.235. The molecule has 0 aliphatic carbocycles. The van der Waals surface area contributed by atoms with Gasteiger partial charge < -0.3 is 10.6 Å². The van der Waals surface area contributed by atoms with Crippen LogP contribution in [0.15, 0.2) is 29.3 Å². The van der Waals surface area contributed by atoms with E-state index in [1.807, 2.05) is 0 Å². The first-order valence-electron chi connectivity index (χ1n) is 6.67. The lowest BCUT2D eigenvalue weighted by atomic mass is 9.89. The zero-order valence-corrected chi connectivity index (χ0v) is 11.8. The molecule has 0 saturated carbocycles. The van der Waals surface area contributed by atoms with Crippen molar-refractivity contribution in [1.29, 1.82) is 0 Å². The van der Waals surface area contributed by atoms with Gasteiger partial charge in [0.25, 0.3) is 0 Å². The molecule has 0 fully saturated rings. The van der Waals surface area contributed by atoms with E-state index in [-0.39, 0.29) is 5.54 Å². The van der Waals surface area contributed by atoms with Crippen molar-refractivity contribution in [3.05, 3.63) is 35.4 Å². The van der Waals surface area contributed by atoms with Crippen LogP contribution in [0.2, 0.25) is 0 Å². The summed E-state index contributed by atoms with van der Waals surface area (Å²) in [4.78, 5) is 6.57. The Labute approximate surface area is 110 Å². The number of guanidine groups is 1. The fourth-order valence-electron chi connectivity index (χ4n) is 2.64. The third-order valence-corrected chi connectivity index (χ3v) is 3.94. The second-order valence-electron chi connectivity index (χ2n) is 5.47. The van der Waals surface area contributed by atoms with Gasteiger partial charge in [-0.2, -0.15) is 0 Å². The van der Waals surface area contributed by atoms with E-state index in [4.69, 9.17) is 5.73 Å². The summed E-state index contributed by atoms with van der Waals surface area (Å²) in [7, 11) is 0. The van der Waals surface area contributed by atoms with Crippen molar-refractivity contribution in [2.24, 2.45) is 10.7 Å². The minimum atomic E-state index is -0.0889. The van der Waals surface area contributed by atoms with Crippen LogP contribution in [0.25, 0.3) is 0 Å². The van der Waals surface area contributed by atoms with E-state index in [1.54, 1.807) is 0 Å². The Kier molecular flexibility index (Phi) is 3.33. The van der Waals surface area contributed by atoms with Gasteiger partial charge in [0.05, 0.1) is 12.1 Å². The first-order chi connectivity index (χ1) is 8.49. The van der Waals surface area contributed by atoms with Gasteiger partial charge in [0.1, 0.15) is 0 Å². The summed E-state index contributed by atoms with van der Waals surface area (Å²) >= 11 is 0. The summed E-state index contributed by atoms with van der Waals surface area (Å²) < 4.78 is 0. The smallest absolute Gasteiger partial charge is 0.192 e. The van der Waals surface area contributed by atoms with Crippen molar-refractivity contribution in [2.75, 3.05) is 13.1 Å². The Morgan fingerprint density at radius 2 is 1.94 bits per heavy atom. The molecule has 0 radical (unpaired) electrons. The summed E-state index contributed by atoms with van der Waals surface area (Å²) in [6.07, 6.45) is 0. The molecule has 0 aromatic heterocycles. The van der Waals surface area contributed by atoms with E-state index in [2.05, 4.69) is 61.9 Å². The Hall–Kier alpha value is -1.51. The number of nitrogens with zero attached hydrogens (tertiary/aromatic N) is 2. The van der Waals surface area contributed by atoms with Crippen LogP contribution in [0.3, 0.4) is 0 Å². The van der Waals surface area contributed by atoms with Crippen LogP contribution in [-0.4, -0.2) is 23.9 Å². The fourth-order valence-corrected chi connectivity index (χ4v) is 2.64. The molecule has 1 aliphatic heterocycles. The largest absolute Gasteiger partial charge is 0.370 e. The summed E-state index contributed by atoms with van der Waals surface area (Å²) in [5.74, 6) is 1.23. The number of hydrogen-bond donors (Lipinski definition) is 1. The highest BCUT2D eigenvalue weighted by Crippen LogP contribution is 2.33. The van der Waals surface area contributed by atoms with Crippen molar-refractivity contribution >= 4 is 5.96 Å². The number of likely N-dealkylation sites (N-methyl/N-ethyl adjacent to an activating group) is 1. The number of hydrogen-bond acceptors (Lipinski definition) is 3. The van der Waals surface area contributed by atoms with Crippen LogP contribution >= 0.6 is 0 Å². The standard InChI is InChI=1S/C15H23N3/c1-5-18-14(16)17-10-15(18,4)13-8-6-12(7-9-13)11(2)3/h6-9,11H,5,10H2,1-4H3,(H2,16,17). The zero-order chi connectivity index (χ0) is 13.3. The topological polar surface area (TPSA) is 41.6 Å². The minimum absolute atomic E-state index is 0.0889. The number of benzene rings is 1. The van der Waals surface area contributed by atoms with Crippen LogP contribution in [-0.2, 0) is 5.54 Å². The van der Waals surface area contributed by atoms with Gasteiger partial charge in [-0.3, -0.25) is 4.99 Å². The molecule has 0 saturated heterocycles. The van der Waals surface area contributed by atoms with Gasteiger partial charge in [-0.1, -0.05) is 38.1 Å². The third-order valence-electron chi connectivity index (χ3n) is 3.94. The maximum absolute atomic E-state index is 5.96. The highest BCUT2D eigenvalue weighted by atomic mass is 15.3. The highest BCUT2D eigenvalue weighted by molar-refractivity contribution is 5.81. The summed E-state index contributed by atoms with van der Waals surface area (Å²) in [5, 5.41) is 0. The molecule has 0 spiro atoms. The molecule has 18 heavy (non-hydrogen) atoms. The van der Waals surface area contributed by atoms with Crippen LogP contribution in [0.4, 0.5) is 0 Å². The van der Waals surface area contributed by atoms with Gasteiger partial charge in [-0.05, 0) is 30.9 Å². The Morgan fingerprint density at radius 3 is 2.44 bits per heavy atom. The summed E-state index contributed by atoms with van der Waals surface area (Å²) in [6.45, 7) is 10.4. The number of rotatable bonds is 3. The molecule has 3 nitrogen and oxygen atoms in total. The van der Waals surface area contributed by atoms with Crippen molar-refractivity contribution in [3.8, 4) is 0 Å². The molecule has 0 bridgehead atoms. The molecule has 3 heteroatoms. The molecule has 98 valence electrons. The molecule has 1 aromatic rings. The van der Waals surface area contributed by atoms with Gasteiger partial charge >= 0.3 is 0 Å². The molecular weight excluding hydrogens is 222 g/mol. The van der Waals surface area contributed by atoms with Crippen LogP contribution in [0.5, 0.6) is 0 Å².